The minimum absolute atomic E-state index is 0.192. The lowest BCUT2D eigenvalue weighted by Crippen LogP contribution is -2.17. The van der Waals surface area contributed by atoms with Crippen molar-refractivity contribution in [2.45, 2.75) is 11.8 Å². The van der Waals surface area contributed by atoms with Crippen LogP contribution < -0.4 is 10.5 Å². The van der Waals surface area contributed by atoms with Gasteiger partial charge in [-0.15, -0.1) is 0 Å². The molecule has 2 aromatic carbocycles. The van der Waals surface area contributed by atoms with Crippen LogP contribution in [0.1, 0.15) is 5.56 Å². The quantitative estimate of drug-likeness (QED) is 0.806. The molecule has 0 unspecified atom stereocenters. The van der Waals surface area contributed by atoms with Crippen LogP contribution in [0.2, 0.25) is 0 Å². The molecule has 0 atom stereocenters. The second-order valence-electron chi connectivity index (χ2n) is 4.38. The van der Waals surface area contributed by atoms with E-state index in [2.05, 4.69) is 20.7 Å². The van der Waals surface area contributed by atoms with Gasteiger partial charge in [0.1, 0.15) is 11.6 Å². The Morgan fingerprint density at radius 3 is 2.29 bits per heavy atom. The van der Waals surface area contributed by atoms with Crippen molar-refractivity contribution in [1.82, 2.24) is 0 Å². The molecule has 2 aromatic rings. The zero-order valence-electron chi connectivity index (χ0n) is 10.8. The van der Waals surface area contributed by atoms with E-state index in [9.17, 15) is 17.2 Å². The Morgan fingerprint density at radius 1 is 1.14 bits per heavy atom. The van der Waals surface area contributed by atoms with Crippen molar-refractivity contribution < 1.29 is 17.2 Å². The van der Waals surface area contributed by atoms with Crippen LogP contribution in [-0.2, 0) is 10.0 Å². The minimum atomic E-state index is -4.41. The molecular formula is C13H11BrF2N2O2S. The normalized spacial score (nSPS) is 11.4. The molecule has 0 saturated carbocycles. The fraction of sp³-hybridized carbons (Fsp3) is 0.0769. The third kappa shape index (κ3) is 3.33. The Labute approximate surface area is 129 Å². The van der Waals surface area contributed by atoms with Crippen LogP contribution in [0.5, 0.6) is 0 Å². The molecule has 0 heterocycles. The van der Waals surface area contributed by atoms with E-state index in [1.165, 1.54) is 6.07 Å². The van der Waals surface area contributed by atoms with E-state index < -0.39 is 26.6 Å². The van der Waals surface area contributed by atoms with Gasteiger partial charge in [0.15, 0.2) is 4.90 Å². The van der Waals surface area contributed by atoms with Crippen molar-refractivity contribution in [2.75, 3.05) is 10.5 Å². The average Bonchev–Trinajstić information content (AvgIpc) is 2.31. The third-order valence-electron chi connectivity index (χ3n) is 2.73. The van der Waals surface area contributed by atoms with E-state index in [0.29, 0.717) is 10.0 Å². The molecule has 3 N–H and O–H groups in total. The van der Waals surface area contributed by atoms with Gasteiger partial charge in [0.05, 0.1) is 5.69 Å². The number of halogens is 3. The molecule has 8 heteroatoms. The molecule has 0 aromatic heterocycles. The number of hydrogen-bond donors (Lipinski definition) is 2. The highest BCUT2D eigenvalue weighted by Gasteiger charge is 2.25. The number of benzene rings is 2. The van der Waals surface area contributed by atoms with Crippen molar-refractivity contribution in [3.63, 3.8) is 0 Å². The van der Waals surface area contributed by atoms with Crippen molar-refractivity contribution >= 4 is 37.3 Å². The molecule has 4 nitrogen and oxygen atoms in total. The highest BCUT2D eigenvalue weighted by atomic mass is 79.9. The van der Waals surface area contributed by atoms with Gasteiger partial charge in [-0.3, -0.25) is 4.72 Å². The van der Waals surface area contributed by atoms with Crippen molar-refractivity contribution in [1.29, 1.82) is 0 Å². The van der Waals surface area contributed by atoms with Crippen molar-refractivity contribution in [3.8, 4) is 0 Å². The fourth-order valence-electron chi connectivity index (χ4n) is 1.74. The van der Waals surface area contributed by atoms with E-state index in [1.54, 1.807) is 19.1 Å². The Hall–Kier alpha value is -1.67. The summed E-state index contributed by atoms with van der Waals surface area (Å²) < 4.78 is 54.6. The van der Waals surface area contributed by atoms with Crippen LogP contribution >= 0.6 is 15.9 Å². The molecule has 0 aliphatic heterocycles. The number of aryl methyl sites for hydroxylation is 1. The molecule has 0 aliphatic rings. The molecule has 21 heavy (non-hydrogen) atoms. The average molecular weight is 377 g/mol. The monoisotopic (exact) mass is 376 g/mol. The molecule has 112 valence electrons. The van der Waals surface area contributed by atoms with Crippen LogP contribution in [0.15, 0.2) is 39.7 Å². The summed E-state index contributed by atoms with van der Waals surface area (Å²) in [5, 5.41) is 0. The summed E-state index contributed by atoms with van der Waals surface area (Å²) in [6.07, 6.45) is 0. The fourth-order valence-corrected chi connectivity index (χ4v) is 3.34. The van der Waals surface area contributed by atoms with Crippen LogP contribution in [0.3, 0.4) is 0 Å². The summed E-state index contributed by atoms with van der Waals surface area (Å²) in [6, 6.07) is 6.39. The van der Waals surface area contributed by atoms with Crippen molar-refractivity contribution in [2.24, 2.45) is 0 Å². The summed E-state index contributed by atoms with van der Waals surface area (Å²) in [5.41, 5.74) is 5.91. The summed E-state index contributed by atoms with van der Waals surface area (Å²) in [6.45, 7) is 1.67. The molecule has 0 amide bonds. The van der Waals surface area contributed by atoms with Gasteiger partial charge in [-0.25, -0.2) is 17.2 Å². The minimum Gasteiger partial charge on any atom is -0.399 e. The predicted octanol–water partition coefficient (Wildman–Crippen LogP) is 3.42. The number of nitrogens with two attached hydrogens (primary N) is 1. The van der Waals surface area contributed by atoms with Crippen LogP contribution in [0.25, 0.3) is 0 Å². The lowest BCUT2D eigenvalue weighted by atomic mass is 10.2. The Morgan fingerprint density at radius 2 is 1.71 bits per heavy atom. The van der Waals surface area contributed by atoms with E-state index in [-0.39, 0.29) is 11.4 Å². The molecule has 0 bridgehead atoms. The third-order valence-corrected chi connectivity index (χ3v) is 4.64. The molecule has 0 saturated heterocycles. The number of sulfonamides is 1. The molecule has 0 fully saturated rings. The van der Waals surface area contributed by atoms with Gasteiger partial charge in [-0.2, -0.15) is 0 Å². The Bertz CT molecular complexity index is 787. The SMILES string of the molecule is Cc1ccc(Br)cc1NS(=O)(=O)c1c(F)cc(N)cc1F. The molecule has 0 aliphatic carbocycles. The zero-order valence-corrected chi connectivity index (χ0v) is 13.2. The lowest BCUT2D eigenvalue weighted by Gasteiger charge is -2.12. The van der Waals surface area contributed by atoms with Gasteiger partial charge < -0.3 is 5.73 Å². The number of hydrogen-bond acceptors (Lipinski definition) is 3. The maximum atomic E-state index is 13.7. The smallest absolute Gasteiger partial charge is 0.267 e. The van der Waals surface area contributed by atoms with Gasteiger partial charge in [0, 0.05) is 10.2 Å². The zero-order chi connectivity index (χ0) is 15.8. The predicted molar refractivity (Wildman–Crippen MR) is 80.5 cm³/mol. The first-order chi connectivity index (χ1) is 9.70. The molecule has 0 radical (unpaired) electrons. The van der Waals surface area contributed by atoms with E-state index in [1.807, 2.05) is 0 Å². The number of nitrogen functional groups attached to an aromatic ring is 1. The van der Waals surface area contributed by atoms with Crippen LogP contribution in [0.4, 0.5) is 20.2 Å². The van der Waals surface area contributed by atoms with E-state index in [0.717, 1.165) is 12.1 Å². The van der Waals surface area contributed by atoms with Gasteiger partial charge in [-0.05, 0) is 36.8 Å². The molecule has 0 spiro atoms. The lowest BCUT2D eigenvalue weighted by molar-refractivity contribution is 0.522. The van der Waals surface area contributed by atoms with Gasteiger partial charge in [0.2, 0.25) is 0 Å². The summed E-state index contributed by atoms with van der Waals surface area (Å²) in [5.74, 6) is -2.49. The van der Waals surface area contributed by atoms with Crippen LogP contribution in [-0.4, -0.2) is 8.42 Å². The first-order valence-electron chi connectivity index (χ1n) is 5.74. The van der Waals surface area contributed by atoms with Gasteiger partial charge >= 0.3 is 0 Å². The maximum absolute atomic E-state index is 13.7. The van der Waals surface area contributed by atoms with E-state index in [4.69, 9.17) is 5.73 Å². The number of rotatable bonds is 3. The van der Waals surface area contributed by atoms with Crippen molar-refractivity contribution in [3.05, 3.63) is 52.0 Å². The molecule has 2 rings (SSSR count). The largest absolute Gasteiger partial charge is 0.399 e. The first-order valence-corrected chi connectivity index (χ1v) is 8.02. The Balaban J connectivity index is 2.51. The second kappa shape index (κ2) is 5.61. The summed E-state index contributed by atoms with van der Waals surface area (Å²) in [7, 11) is -4.41. The first kappa shape index (κ1) is 15.7. The maximum Gasteiger partial charge on any atom is 0.267 e. The number of anilines is 2. The Kier molecular flexibility index (Phi) is 4.20. The van der Waals surface area contributed by atoms with Gasteiger partial charge in [0.25, 0.3) is 10.0 Å². The van der Waals surface area contributed by atoms with Gasteiger partial charge in [-0.1, -0.05) is 22.0 Å². The van der Waals surface area contributed by atoms with Crippen LogP contribution in [0, 0.1) is 18.6 Å². The highest BCUT2D eigenvalue weighted by molar-refractivity contribution is 9.10. The molecular weight excluding hydrogens is 366 g/mol. The summed E-state index contributed by atoms with van der Waals surface area (Å²) >= 11 is 3.20. The van der Waals surface area contributed by atoms with E-state index >= 15 is 0 Å². The number of nitrogens with one attached hydrogen (secondary N) is 1. The highest BCUT2D eigenvalue weighted by Crippen LogP contribution is 2.27. The summed E-state index contributed by atoms with van der Waals surface area (Å²) in [4.78, 5) is -1.06. The topological polar surface area (TPSA) is 72.2 Å². The second-order valence-corrected chi connectivity index (χ2v) is 6.91. The standard InChI is InChI=1S/C13H11BrF2N2O2S/c1-7-2-3-8(14)4-12(7)18-21(19,20)13-10(15)5-9(17)6-11(13)16/h2-6,18H,17H2,1H3.